The lowest BCUT2D eigenvalue weighted by Crippen LogP contribution is -2.40. The zero-order valence-corrected chi connectivity index (χ0v) is 7.32. The Hall–Kier alpha value is 0.290. The Morgan fingerprint density at radius 1 is 1.30 bits per heavy atom. The molecule has 10 heavy (non-hydrogen) atoms. The van der Waals surface area contributed by atoms with Crippen LogP contribution in [0.4, 0.5) is 0 Å². The van der Waals surface area contributed by atoms with Crippen LogP contribution < -0.4 is 0 Å². The van der Waals surface area contributed by atoms with Crippen molar-refractivity contribution < 1.29 is 0 Å². The fourth-order valence-electron chi connectivity index (χ4n) is 2.46. The Morgan fingerprint density at radius 3 is 2.20 bits per heavy atom. The molecule has 0 aliphatic heterocycles. The molecular weight excluding hydrogens is 144 g/mol. The smallest absolute Gasteiger partial charge is 0.0392 e. The third-order valence-electron chi connectivity index (χ3n) is 3.54. The van der Waals surface area contributed by atoms with Crippen LogP contribution in [-0.4, -0.2) is 5.38 Å². The SMILES string of the molecule is CC12CCC(CC1)CC2Cl. The van der Waals surface area contributed by atoms with Gasteiger partial charge in [0.05, 0.1) is 0 Å². The Morgan fingerprint density at radius 2 is 1.90 bits per heavy atom. The van der Waals surface area contributed by atoms with Gasteiger partial charge in [0.1, 0.15) is 0 Å². The lowest BCUT2D eigenvalue weighted by molar-refractivity contribution is 0.0890. The second-order valence-electron chi connectivity index (χ2n) is 4.30. The topological polar surface area (TPSA) is 0 Å². The van der Waals surface area contributed by atoms with Crippen molar-refractivity contribution in [3.05, 3.63) is 0 Å². The molecule has 0 nitrogen and oxygen atoms in total. The summed E-state index contributed by atoms with van der Waals surface area (Å²) in [5.74, 6) is 0.976. The third kappa shape index (κ3) is 0.887. The molecule has 3 aliphatic rings. The molecule has 0 aromatic rings. The second-order valence-corrected chi connectivity index (χ2v) is 4.83. The molecule has 0 aromatic carbocycles. The maximum atomic E-state index is 6.25. The van der Waals surface area contributed by atoms with Gasteiger partial charge < -0.3 is 0 Å². The lowest BCUT2D eigenvalue weighted by atomic mass is 9.61. The van der Waals surface area contributed by atoms with Crippen LogP contribution in [0.2, 0.25) is 0 Å². The normalized spacial score (nSPS) is 53.4. The summed E-state index contributed by atoms with van der Waals surface area (Å²) in [6, 6.07) is 0. The number of hydrogen-bond acceptors (Lipinski definition) is 0. The summed E-state index contributed by atoms with van der Waals surface area (Å²) in [5, 5.41) is 0.486. The Balaban J connectivity index is 2.17. The summed E-state index contributed by atoms with van der Waals surface area (Å²) in [6.45, 7) is 2.36. The molecule has 0 heterocycles. The second kappa shape index (κ2) is 2.14. The Bertz CT molecular complexity index is 134. The minimum atomic E-state index is 0.486. The summed E-state index contributed by atoms with van der Waals surface area (Å²) in [4.78, 5) is 0. The molecule has 0 radical (unpaired) electrons. The predicted octanol–water partition coefficient (Wildman–Crippen LogP) is 3.19. The van der Waals surface area contributed by atoms with E-state index in [9.17, 15) is 0 Å². The number of halogens is 1. The summed E-state index contributed by atoms with van der Waals surface area (Å²) in [6.07, 6.45) is 6.94. The van der Waals surface area contributed by atoms with Gasteiger partial charge in [0.25, 0.3) is 0 Å². The number of hydrogen-bond donors (Lipinski definition) is 0. The van der Waals surface area contributed by atoms with Crippen molar-refractivity contribution in [3.63, 3.8) is 0 Å². The van der Waals surface area contributed by atoms with Gasteiger partial charge >= 0.3 is 0 Å². The number of fused-ring (bicyclic) bond motifs is 3. The van der Waals surface area contributed by atoms with Gasteiger partial charge in [-0.1, -0.05) is 6.92 Å². The van der Waals surface area contributed by atoms with Crippen molar-refractivity contribution in [1.82, 2.24) is 0 Å². The van der Waals surface area contributed by atoms with Gasteiger partial charge in [-0.05, 0) is 43.4 Å². The largest absolute Gasteiger partial charge is 0.122 e. The van der Waals surface area contributed by atoms with E-state index in [1.54, 1.807) is 0 Å². The quantitative estimate of drug-likeness (QED) is 0.475. The monoisotopic (exact) mass is 158 g/mol. The van der Waals surface area contributed by atoms with E-state index in [4.69, 9.17) is 11.6 Å². The number of rotatable bonds is 0. The maximum Gasteiger partial charge on any atom is 0.0392 e. The fourth-order valence-corrected chi connectivity index (χ4v) is 2.93. The van der Waals surface area contributed by atoms with Crippen molar-refractivity contribution >= 4 is 11.6 Å². The molecule has 0 amide bonds. The van der Waals surface area contributed by atoms with E-state index in [1.165, 1.54) is 32.1 Å². The van der Waals surface area contributed by atoms with Gasteiger partial charge in [0, 0.05) is 5.38 Å². The van der Waals surface area contributed by atoms with Gasteiger partial charge in [-0.25, -0.2) is 0 Å². The number of alkyl halides is 1. The van der Waals surface area contributed by atoms with E-state index in [-0.39, 0.29) is 0 Å². The van der Waals surface area contributed by atoms with Gasteiger partial charge in [-0.3, -0.25) is 0 Å². The zero-order chi connectivity index (χ0) is 7.19. The molecule has 1 atom stereocenters. The molecule has 0 aromatic heterocycles. The van der Waals surface area contributed by atoms with Crippen molar-refractivity contribution in [2.75, 3.05) is 0 Å². The first-order valence-electron chi connectivity index (χ1n) is 4.35. The highest BCUT2D eigenvalue weighted by molar-refractivity contribution is 6.21. The third-order valence-corrected chi connectivity index (χ3v) is 4.25. The molecule has 2 bridgehead atoms. The molecular formula is C9H15Cl. The van der Waals surface area contributed by atoms with E-state index >= 15 is 0 Å². The highest BCUT2D eigenvalue weighted by Gasteiger charge is 2.43. The zero-order valence-electron chi connectivity index (χ0n) is 6.57. The van der Waals surface area contributed by atoms with Crippen molar-refractivity contribution in [1.29, 1.82) is 0 Å². The molecule has 3 aliphatic carbocycles. The molecule has 3 fully saturated rings. The van der Waals surface area contributed by atoms with E-state index in [2.05, 4.69) is 6.92 Å². The van der Waals surface area contributed by atoms with Crippen LogP contribution in [0.15, 0.2) is 0 Å². The first-order valence-corrected chi connectivity index (χ1v) is 4.78. The molecule has 0 saturated heterocycles. The summed E-state index contributed by atoms with van der Waals surface area (Å²) in [7, 11) is 0. The van der Waals surface area contributed by atoms with Crippen molar-refractivity contribution in [3.8, 4) is 0 Å². The standard InChI is InChI=1S/C9H15Cl/c1-9-4-2-7(3-5-9)6-8(9)10/h7-8H,2-6H2,1H3. The summed E-state index contributed by atoms with van der Waals surface area (Å²) < 4.78 is 0. The molecule has 0 N–H and O–H groups in total. The van der Waals surface area contributed by atoms with E-state index < -0.39 is 0 Å². The van der Waals surface area contributed by atoms with Crippen LogP contribution in [-0.2, 0) is 0 Å². The van der Waals surface area contributed by atoms with Crippen LogP contribution in [0, 0.1) is 11.3 Å². The predicted molar refractivity (Wildman–Crippen MR) is 44.3 cm³/mol. The average Bonchev–Trinajstić information content (AvgIpc) is 1.92. The van der Waals surface area contributed by atoms with E-state index in [1.807, 2.05) is 0 Å². The Kier molecular flexibility index (Phi) is 1.49. The minimum absolute atomic E-state index is 0.486. The molecule has 3 saturated carbocycles. The maximum absolute atomic E-state index is 6.25. The van der Waals surface area contributed by atoms with Crippen LogP contribution in [0.5, 0.6) is 0 Å². The molecule has 3 rings (SSSR count). The van der Waals surface area contributed by atoms with E-state index in [0.29, 0.717) is 10.8 Å². The first kappa shape index (κ1) is 6.97. The van der Waals surface area contributed by atoms with Crippen molar-refractivity contribution in [2.45, 2.75) is 44.4 Å². The highest BCUT2D eigenvalue weighted by Crippen LogP contribution is 2.52. The molecule has 0 spiro atoms. The van der Waals surface area contributed by atoms with Gasteiger partial charge in [-0.15, -0.1) is 11.6 Å². The van der Waals surface area contributed by atoms with Crippen molar-refractivity contribution in [2.24, 2.45) is 11.3 Å². The Labute approximate surface area is 68.0 Å². The van der Waals surface area contributed by atoms with Crippen LogP contribution in [0.1, 0.15) is 39.0 Å². The van der Waals surface area contributed by atoms with Gasteiger partial charge in [-0.2, -0.15) is 0 Å². The van der Waals surface area contributed by atoms with E-state index in [0.717, 1.165) is 5.92 Å². The lowest BCUT2D eigenvalue weighted by Gasteiger charge is -2.47. The molecule has 1 unspecified atom stereocenters. The average molecular weight is 159 g/mol. The molecule has 58 valence electrons. The summed E-state index contributed by atoms with van der Waals surface area (Å²) >= 11 is 6.25. The van der Waals surface area contributed by atoms with Gasteiger partial charge in [0.15, 0.2) is 0 Å². The van der Waals surface area contributed by atoms with Gasteiger partial charge in [0.2, 0.25) is 0 Å². The van der Waals surface area contributed by atoms with Crippen LogP contribution in [0.3, 0.4) is 0 Å². The summed E-state index contributed by atoms with van der Waals surface area (Å²) in [5.41, 5.74) is 0.510. The van der Waals surface area contributed by atoms with Crippen LogP contribution >= 0.6 is 11.6 Å². The first-order chi connectivity index (χ1) is 4.71. The molecule has 1 heteroatoms. The fraction of sp³-hybridized carbons (Fsp3) is 1.00. The minimum Gasteiger partial charge on any atom is -0.122 e. The van der Waals surface area contributed by atoms with Crippen LogP contribution in [0.25, 0.3) is 0 Å². The highest BCUT2D eigenvalue weighted by atomic mass is 35.5.